The molecule has 0 spiro atoms. The Morgan fingerprint density at radius 3 is 2.37 bits per heavy atom. The number of carbonyl (C=O) groups excluding carboxylic acids is 1. The van der Waals surface area contributed by atoms with E-state index in [1.54, 1.807) is 0 Å². The van der Waals surface area contributed by atoms with Gasteiger partial charge < -0.3 is 5.11 Å². The van der Waals surface area contributed by atoms with Crippen molar-refractivity contribution in [3.05, 3.63) is 35.6 Å². The predicted molar refractivity (Wildman–Crippen MR) is 64.9 cm³/mol. The van der Waals surface area contributed by atoms with Crippen molar-refractivity contribution >= 4 is 5.78 Å². The van der Waals surface area contributed by atoms with Crippen LogP contribution in [0.3, 0.4) is 0 Å². The van der Waals surface area contributed by atoms with Crippen LogP contribution in [0.15, 0.2) is 24.3 Å². The van der Waals surface area contributed by atoms with Crippen LogP contribution in [0.25, 0.3) is 0 Å². The number of benzene rings is 1. The highest BCUT2D eigenvalue weighted by molar-refractivity contribution is 5.96. The number of ketones is 1. The van der Waals surface area contributed by atoms with Gasteiger partial charge in [-0.05, 0) is 24.3 Å². The van der Waals surface area contributed by atoms with Crippen LogP contribution in [0, 0.1) is 5.82 Å². The van der Waals surface area contributed by atoms with Gasteiger partial charge in [0.1, 0.15) is 5.82 Å². The summed E-state index contributed by atoms with van der Waals surface area (Å²) in [5, 5.41) is 8.75. The van der Waals surface area contributed by atoms with Gasteiger partial charge in [0.2, 0.25) is 0 Å². The molecule has 0 aliphatic rings. The Kier molecular flexibility index (Phi) is 6.52. The van der Waals surface area contributed by atoms with Crippen LogP contribution < -0.4 is 0 Å². The molecule has 0 amide bonds. The summed E-state index contributed by atoms with van der Waals surface area (Å²) in [5.74, 6) is -0.673. The summed E-state index contributed by atoms with van der Waals surface area (Å²) in [6, 6.07) is 5.08. The number of halogens is 3. The van der Waals surface area contributed by atoms with Crippen LogP contribution >= 0.6 is 0 Å². The molecule has 106 valence electrons. The maximum Gasteiger partial charge on any atom is 0.251 e. The molecule has 0 bridgehead atoms. The van der Waals surface area contributed by atoms with Crippen LogP contribution in [-0.2, 0) is 0 Å². The van der Waals surface area contributed by atoms with Crippen LogP contribution in [0.4, 0.5) is 13.2 Å². The van der Waals surface area contributed by atoms with E-state index in [0.717, 1.165) is 0 Å². The van der Waals surface area contributed by atoms with Gasteiger partial charge in [0.15, 0.2) is 5.78 Å². The zero-order valence-corrected chi connectivity index (χ0v) is 10.4. The second-order valence-electron chi connectivity index (χ2n) is 4.10. The molecule has 1 aromatic carbocycles. The van der Waals surface area contributed by atoms with Gasteiger partial charge in [-0.3, -0.25) is 9.69 Å². The summed E-state index contributed by atoms with van der Waals surface area (Å²) >= 11 is 0. The molecule has 0 heterocycles. The van der Waals surface area contributed by atoms with E-state index in [1.807, 2.05) is 0 Å². The Labute approximate surface area is 109 Å². The minimum Gasteiger partial charge on any atom is -0.395 e. The van der Waals surface area contributed by atoms with Gasteiger partial charge in [-0.25, -0.2) is 13.2 Å². The molecule has 19 heavy (non-hydrogen) atoms. The van der Waals surface area contributed by atoms with Gasteiger partial charge in [-0.2, -0.15) is 0 Å². The molecule has 0 unspecified atom stereocenters. The summed E-state index contributed by atoms with van der Waals surface area (Å²) in [6.07, 6.45) is -2.45. The largest absolute Gasteiger partial charge is 0.395 e. The predicted octanol–water partition coefficient (Wildman–Crippen LogP) is 1.96. The Morgan fingerprint density at radius 2 is 1.84 bits per heavy atom. The summed E-state index contributed by atoms with van der Waals surface area (Å²) in [7, 11) is 0. The zero-order valence-electron chi connectivity index (χ0n) is 10.4. The molecule has 1 rings (SSSR count). The molecule has 3 nitrogen and oxygen atoms in total. The SMILES string of the molecule is O=C(CCN(CCO)CC(F)F)c1ccc(F)cc1. The molecule has 6 heteroatoms. The minimum atomic E-state index is -2.51. The third-order valence-corrected chi connectivity index (χ3v) is 2.63. The van der Waals surface area contributed by atoms with E-state index in [2.05, 4.69) is 0 Å². The molecule has 0 saturated heterocycles. The topological polar surface area (TPSA) is 40.5 Å². The first-order valence-corrected chi connectivity index (χ1v) is 5.93. The van der Waals surface area contributed by atoms with Crippen LogP contribution in [-0.4, -0.2) is 48.5 Å². The fraction of sp³-hybridized carbons (Fsp3) is 0.462. The third kappa shape index (κ3) is 5.85. The average Bonchev–Trinajstić information content (AvgIpc) is 2.36. The monoisotopic (exact) mass is 275 g/mol. The van der Waals surface area contributed by atoms with Gasteiger partial charge >= 0.3 is 0 Å². The van der Waals surface area contributed by atoms with E-state index < -0.39 is 18.8 Å². The van der Waals surface area contributed by atoms with Crippen molar-refractivity contribution in [2.45, 2.75) is 12.8 Å². The molecule has 0 radical (unpaired) electrons. The molecule has 0 fully saturated rings. The maximum atomic E-state index is 12.7. The molecule has 0 aliphatic carbocycles. The van der Waals surface area contributed by atoms with Crippen molar-refractivity contribution in [2.75, 3.05) is 26.2 Å². The van der Waals surface area contributed by atoms with Crippen molar-refractivity contribution in [2.24, 2.45) is 0 Å². The van der Waals surface area contributed by atoms with Crippen molar-refractivity contribution in [1.29, 1.82) is 0 Å². The Balaban J connectivity index is 2.49. The first-order valence-electron chi connectivity index (χ1n) is 5.93. The fourth-order valence-corrected chi connectivity index (χ4v) is 1.67. The van der Waals surface area contributed by atoms with Crippen LogP contribution in [0.5, 0.6) is 0 Å². The lowest BCUT2D eigenvalue weighted by molar-refractivity contribution is 0.0732. The Bertz CT molecular complexity index is 395. The second kappa shape index (κ2) is 7.91. The van der Waals surface area contributed by atoms with Crippen LogP contribution in [0.1, 0.15) is 16.8 Å². The van der Waals surface area contributed by atoms with Crippen molar-refractivity contribution in [3.63, 3.8) is 0 Å². The fourth-order valence-electron chi connectivity index (χ4n) is 1.67. The quantitative estimate of drug-likeness (QED) is 0.737. The Morgan fingerprint density at radius 1 is 1.21 bits per heavy atom. The van der Waals surface area contributed by atoms with Gasteiger partial charge in [-0.1, -0.05) is 0 Å². The van der Waals surface area contributed by atoms with Gasteiger partial charge in [0, 0.05) is 25.1 Å². The zero-order chi connectivity index (χ0) is 14.3. The number of aliphatic hydroxyl groups is 1. The molecule has 0 aliphatic heterocycles. The van der Waals surface area contributed by atoms with E-state index in [0.29, 0.717) is 5.56 Å². The lowest BCUT2D eigenvalue weighted by Gasteiger charge is -2.20. The number of Topliss-reactive ketones (excluding diaryl/α,β-unsaturated/α-hetero) is 1. The number of rotatable bonds is 8. The minimum absolute atomic E-state index is 0.0539. The first kappa shape index (κ1) is 15.7. The first-order chi connectivity index (χ1) is 9.02. The normalized spacial score (nSPS) is 11.3. The van der Waals surface area contributed by atoms with E-state index >= 15 is 0 Å². The van der Waals surface area contributed by atoms with Gasteiger partial charge in [0.05, 0.1) is 13.2 Å². The van der Waals surface area contributed by atoms with Crippen molar-refractivity contribution in [1.82, 2.24) is 4.90 Å². The van der Waals surface area contributed by atoms with Gasteiger partial charge in [-0.15, -0.1) is 0 Å². The van der Waals surface area contributed by atoms with E-state index in [-0.39, 0.29) is 31.9 Å². The number of hydrogen-bond acceptors (Lipinski definition) is 3. The summed E-state index contributed by atoms with van der Waals surface area (Å²) in [6.45, 7) is -0.475. The highest BCUT2D eigenvalue weighted by Crippen LogP contribution is 2.07. The van der Waals surface area contributed by atoms with E-state index in [9.17, 15) is 18.0 Å². The van der Waals surface area contributed by atoms with Crippen LogP contribution in [0.2, 0.25) is 0 Å². The molecule has 0 atom stereocenters. The summed E-state index contributed by atoms with van der Waals surface area (Å²) in [5.41, 5.74) is 0.349. The standard InChI is InChI=1S/C13H16F3NO2/c14-11-3-1-10(2-4-11)12(19)5-6-17(7-8-18)9-13(15)16/h1-4,13,18H,5-9H2. The number of alkyl halides is 2. The molecule has 1 N–H and O–H groups in total. The lowest BCUT2D eigenvalue weighted by Crippen LogP contribution is -2.33. The maximum absolute atomic E-state index is 12.7. The van der Waals surface area contributed by atoms with E-state index in [4.69, 9.17) is 5.11 Å². The number of nitrogens with zero attached hydrogens (tertiary/aromatic N) is 1. The lowest BCUT2D eigenvalue weighted by atomic mass is 10.1. The highest BCUT2D eigenvalue weighted by Gasteiger charge is 2.14. The number of hydrogen-bond donors (Lipinski definition) is 1. The second-order valence-corrected chi connectivity index (χ2v) is 4.10. The van der Waals surface area contributed by atoms with Crippen molar-refractivity contribution < 1.29 is 23.1 Å². The highest BCUT2D eigenvalue weighted by atomic mass is 19.3. The molecule has 1 aromatic rings. The summed E-state index contributed by atoms with van der Waals surface area (Å²) < 4.78 is 37.2. The average molecular weight is 275 g/mol. The molecular formula is C13H16F3NO2. The number of aliphatic hydroxyl groups excluding tert-OH is 1. The smallest absolute Gasteiger partial charge is 0.251 e. The molecule has 0 saturated carbocycles. The third-order valence-electron chi connectivity index (χ3n) is 2.63. The van der Waals surface area contributed by atoms with Crippen molar-refractivity contribution in [3.8, 4) is 0 Å². The Hall–Kier alpha value is -1.40. The van der Waals surface area contributed by atoms with Gasteiger partial charge in [0.25, 0.3) is 6.43 Å². The molecule has 0 aromatic heterocycles. The molecular weight excluding hydrogens is 259 g/mol. The van der Waals surface area contributed by atoms with E-state index in [1.165, 1.54) is 29.2 Å². The summed E-state index contributed by atoms with van der Waals surface area (Å²) in [4.78, 5) is 13.1. The number of carbonyl (C=O) groups is 1.